The van der Waals surface area contributed by atoms with Crippen molar-refractivity contribution in [3.05, 3.63) is 23.0 Å². The van der Waals surface area contributed by atoms with Gasteiger partial charge in [-0.2, -0.15) is 18.4 Å². The summed E-state index contributed by atoms with van der Waals surface area (Å²) in [6, 6.07) is 2.98. The molecule has 1 aromatic rings. The van der Waals surface area contributed by atoms with Gasteiger partial charge in [-0.05, 0) is 39.0 Å². The summed E-state index contributed by atoms with van der Waals surface area (Å²) in [5.74, 6) is 0. The lowest BCUT2D eigenvalue weighted by molar-refractivity contribution is -0.144. The number of likely N-dealkylation sites (N-methyl/N-ethyl adjacent to an activating group) is 1. The highest BCUT2D eigenvalue weighted by Gasteiger charge is 2.48. The summed E-state index contributed by atoms with van der Waals surface area (Å²) >= 11 is 0. The number of alkyl halides is 3. The number of hydrogen-bond acceptors (Lipinski definition) is 3. The molecule has 1 spiro atoms. The molecule has 3 rings (SSSR count). The third-order valence-electron chi connectivity index (χ3n) is 4.77. The van der Waals surface area contributed by atoms with E-state index in [9.17, 15) is 18.4 Å². The van der Waals surface area contributed by atoms with E-state index < -0.39 is 17.4 Å². The normalized spacial score (nSPS) is 20.1. The van der Waals surface area contributed by atoms with Crippen LogP contribution in [0.4, 0.5) is 13.2 Å². The van der Waals surface area contributed by atoms with E-state index in [4.69, 9.17) is 0 Å². The summed E-state index contributed by atoms with van der Waals surface area (Å²) in [6.07, 6.45) is -2.98. The molecule has 0 amide bonds. The zero-order valence-electron chi connectivity index (χ0n) is 12.6. The Morgan fingerprint density at radius 1 is 1.22 bits per heavy atom. The van der Waals surface area contributed by atoms with Crippen LogP contribution < -0.4 is 5.32 Å². The first-order valence-electron chi connectivity index (χ1n) is 7.03. The molecule has 0 aromatic carbocycles. The molecule has 2 aliphatic rings. The van der Waals surface area contributed by atoms with Gasteiger partial charge in [-0.25, -0.2) is 0 Å². The van der Waals surface area contributed by atoms with E-state index in [1.807, 2.05) is 13.1 Å². The Morgan fingerprint density at radius 2 is 1.83 bits per heavy atom. The Bertz CT molecular complexity index is 600. The maximum absolute atomic E-state index is 13.2. The minimum atomic E-state index is -4.42. The molecule has 1 fully saturated rings. The van der Waals surface area contributed by atoms with E-state index >= 15 is 0 Å². The molecular formula is C14H19Cl2F3N4. The number of nitriles is 1. The van der Waals surface area contributed by atoms with E-state index in [-0.39, 0.29) is 36.9 Å². The van der Waals surface area contributed by atoms with Crippen LogP contribution in [-0.4, -0.2) is 36.1 Å². The molecule has 130 valence electrons. The smallest absolute Gasteiger partial charge is 0.337 e. The van der Waals surface area contributed by atoms with Crippen molar-refractivity contribution in [3.63, 3.8) is 0 Å². The van der Waals surface area contributed by atoms with Crippen LogP contribution in [0.15, 0.2) is 6.07 Å². The Hall–Kier alpha value is -0.940. The number of hydrogen-bond donors (Lipinski definition) is 1. The van der Waals surface area contributed by atoms with E-state index in [1.54, 1.807) is 0 Å². The van der Waals surface area contributed by atoms with Crippen LogP contribution in [0, 0.1) is 11.3 Å². The first kappa shape index (κ1) is 20.1. The lowest BCUT2D eigenvalue weighted by Gasteiger charge is -2.49. The van der Waals surface area contributed by atoms with Crippen LogP contribution >= 0.6 is 24.8 Å². The molecule has 0 atom stereocenters. The molecule has 1 aromatic heterocycles. The van der Waals surface area contributed by atoms with Gasteiger partial charge in [-0.1, -0.05) is 0 Å². The minimum Gasteiger partial charge on any atom is -0.337 e. The maximum Gasteiger partial charge on any atom is 0.431 e. The number of nitrogens with zero attached hydrogens (tertiary/aromatic N) is 3. The number of rotatable bonds is 0. The topological polar surface area (TPSA) is 44.0 Å². The number of aromatic nitrogens is 1. The lowest BCUT2D eigenvalue weighted by Crippen LogP contribution is -2.55. The van der Waals surface area contributed by atoms with Crippen molar-refractivity contribution >= 4 is 24.8 Å². The van der Waals surface area contributed by atoms with Crippen molar-refractivity contribution in [1.29, 1.82) is 5.26 Å². The summed E-state index contributed by atoms with van der Waals surface area (Å²) in [5, 5.41) is 12.5. The van der Waals surface area contributed by atoms with Crippen molar-refractivity contribution in [1.82, 2.24) is 14.8 Å². The zero-order valence-corrected chi connectivity index (χ0v) is 14.2. The van der Waals surface area contributed by atoms with Crippen molar-refractivity contribution in [3.8, 4) is 6.07 Å². The molecule has 0 unspecified atom stereocenters. The van der Waals surface area contributed by atoms with Crippen LogP contribution in [0.3, 0.4) is 0 Å². The monoisotopic (exact) mass is 370 g/mol. The molecule has 0 aliphatic carbocycles. The van der Waals surface area contributed by atoms with E-state index in [2.05, 4.69) is 10.2 Å². The third-order valence-corrected chi connectivity index (χ3v) is 4.77. The van der Waals surface area contributed by atoms with E-state index in [1.165, 1.54) is 4.57 Å². The zero-order chi connectivity index (χ0) is 15.3. The van der Waals surface area contributed by atoms with Gasteiger partial charge in [0, 0.05) is 13.1 Å². The molecule has 2 aliphatic heterocycles. The Kier molecular flexibility index (Phi) is 6.03. The van der Waals surface area contributed by atoms with Gasteiger partial charge in [-0.15, -0.1) is 24.8 Å². The van der Waals surface area contributed by atoms with Crippen molar-refractivity contribution in [2.75, 3.05) is 26.7 Å². The van der Waals surface area contributed by atoms with Gasteiger partial charge in [0.1, 0.15) is 11.8 Å². The summed E-state index contributed by atoms with van der Waals surface area (Å²) < 4.78 is 41.0. The fourth-order valence-corrected chi connectivity index (χ4v) is 3.71. The molecule has 9 heteroatoms. The largest absolute Gasteiger partial charge is 0.431 e. The van der Waals surface area contributed by atoms with Gasteiger partial charge in [0.05, 0.1) is 16.8 Å². The minimum absolute atomic E-state index is 0. The average molecular weight is 371 g/mol. The van der Waals surface area contributed by atoms with Crippen molar-refractivity contribution in [2.24, 2.45) is 0 Å². The van der Waals surface area contributed by atoms with Crippen LogP contribution in [0.5, 0.6) is 0 Å². The molecule has 0 saturated carbocycles. The molecule has 0 bridgehead atoms. The number of nitrogens with one attached hydrogen (secondary N) is 1. The van der Waals surface area contributed by atoms with Gasteiger partial charge in [0.25, 0.3) is 0 Å². The number of piperidine rings is 1. The van der Waals surface area contributed by atoms with Crippen LogP contribution in [0.25, 0.3) is 0 Å². The van der Waals surface area contributed by atoms with Crippen LogP contribution in [0.2, 0.25) is 0 Å². The van der Waals surface area contributed by atoms with E-state index in [0.29, 0.717) is 12.2 Å². The molecular weight excluding hydrogens is 352 g/mol. The first-order chi connectivity index (χ1) is 9.90. The number of halogens is 5. The van der Waals surface area contributed by atoms with E-state index in [0.717, 1.165) is 32.0 Å². The summed E-state index contributed by atoms with van der Waals surface area (Å²) in [6.45, 7) is 2.34. The second kappa shape index (κ2) is 6.89. The quantitative estimate of drug-likeness (QED) is 0.763. The Morgan fingerprint density at radius 3 is 2.35 bits per heavy atom. The van der Waals surface area contributed by atoms with Gasteiger partial charge < -0.3 is 9.88 Å². The van der Waals surface area contributed by atoms with Gasteiger partial charge in [0.2, 0.25) is 0 Å². The molecule has 1 saturated heterocycles. The van der Waals surface area contributed by atoms with Crippen molar-refractivity contribution < 1.29 is 13.2 Å². The maximum atomic E-state index is 13.2. The van der Waals surface area contributed by atoms with Crippen LogP contribution in [-0.2, 0) is 18.3 Å². The third kappa shape index (κ3) is 3.05. The predicted octanol–water partition coefficient (Wildman–Crippen LogP) is 2.75. The second-order valence-corrected chi connectivity index (χ2v) is 5.76. The molecule has 0 radical (unpaired) electrons. The highest BCUT2D eigenvalue weighted by Crippen LogP contribution is 2.44. The van der Waals surface area contributed by atoms with Crippen LogP contribution in [0.1, 0.15) is 29.8 Å². The average Bonchev–Trinajstić information content (AvgIpc) is 2.84. The van der Waals surface area contributed by atoms with Gasteiger partial charge in [0.15, 0.2) is 0 Å². The fraction of sp³-hybridized carbons (Fsp3) is 0.643. The molecule has 3 heterocycles. The first-order valence-corrected chi connectivity index (χ1v) is 7.03. The molecule has 23 heavy (non-hydrogen) atoms. The predicted molar refractivity (Wildman–Crippen MR) is 85.1 cm³/mol. The highest BCUT2D eigenvalue weighted by molar-refractivity contribution is 5.85. The highest BCUT2D eigenvalue weighted by atomic mass is 35.5. The summed E-state index contributed by atoms with van der Waals surface area (Å²) in [7, 11) is 1.94. The molecule has 4 nitrogen and oxygen atoms in total. The van der Waals surface area contributed by atoms with Crippen molar-refractivity contribution in [2.45, 2.75) is 31.1 Å². The molecule has 1 N–H and O–H groups in total. The number of fused-ring (bicyclic) bond motifs is 2. The Balaban J connectivity index is 0.00000132. The fourth-order valence-electron chi connectivity index (χ4n) is 3.71. The summed E-state index contributed by atoms with van der Waals surface area (Å²) in [4.78, 5) is 2.12. The Labute approximate surface area is 145 Å². The second-order valence-electron chi connectivity index (χ2n) is 5.76. The SMILES string of the molecule is CN1CCn2c(C(F)(F)F)cc(C#N)c2C12CCNCC2.Cl.Cl. The van der Waals surface area contributed by atoms with Gasteiger partial charge in [-0.3, -0.25) is 4.90 Å². The summed E-state index contributed by atoms with van der Waals surface area (Å²) in [5.41, 5.74) is -0.443. The van der Waals surface area contributed by atoms with Gasteiger partial charge >= 0.3 is 6.18 Å². The standard InChI is InChI=1S/C14H17F3N4.2ClH/c1-20-6-7-21-11(14(15,16)17)8-10(9-18)12(21)13(20)2-4-19-5-3-13;;/h8,19H,2-7H2,1H3;2*1H. The lowest BCUT2D eigenvalue weighted by atomic mass is 9.80.